The molecule has 0 aromatic carbocycles. The van der Waals surface area contributed by atoms with Crippen LogP contribution in [-0.4, -0.2) is 35.6 Å². The molecule has 21 heavy (non-hydrogen) atoms. The molecule has 1 saturated carbocycles. The fourth-order valence-electron chi connectivity index (χ4n) is 4.33. The zero-order chi connectivity index (χ0) is 15.5. The third-order valence-electron chi connectivity index (χ3n) is 5.54. The van der Waals surface area contributed by atoms with E-state index in [-0.39, 0.29) is 5.54 Å². The van der Waals surface area contributed by atoms with E-state index in [1.807, 2.05) is 0 Å². The smallest absolute Gasteiger partial charge is 0.108 e. The molecule has 0 bridgehead atoms. The molecular formula is C18H33N3. The van der Waals surface area contributed by atoms with E-state index in [9.17, 15) is 5.26 Å². The Morgan fingerprint density at radius 3 is 2.33 bits per heavy atom. The monoisotopic (exact) mass is 291 g/mol. The largest absolute Gasteiger partial charge is 0.300 e. The summed E-state index contributed by atoms with van der Waals surface area (Å²) in [4.78, 5) is 2.67. The maximum absolute atomic E-state index is 9.69. The van der Waals surface area contributed by atoms with Gasteiger partial charge in [-0.1, -0.05) is 13.8 Å². The molecule has 0 amide bonds. The second-order valence-corrected chi connectivity index (χ2v) is 7.86. The molecule has 1 N–H and O–H groups in total. The summed E-state index contributed by atoms with van der Waals surface area (Å²) in [6.07, 6.45) is 7.16. The van der Waals surface area contributed by atoms with Crippen molar-refractivity contribution >= 4 is 0 Å². The van der Waals surface area contributed by atoms with E-state index in [1.54, 1.807) is 0 Å². The molecule has 1 aliphatic heterocycles. The molecule has 2 aliphatic rings. The molecule has 0 aromatic rings. The lowest BCUT2D eigenvalue weighted by Crippen LogP contribution is -2.55. The maximum atomic E-state index is 9.69. The zero-order valence-corrected chi connectivity index (χ0v) is 14.4. The first-order valence-electron chi connectivity index (χ1n) is 8.89. The summed E-state index contributed by atoms with van der Waals surface area (Å²) in [7, 11) is 0. The number of nitrogens with one attached hydrogen (secondary N) is 1. The fourth-order valence-corrected chi connectivity index (χ4v) is 4.33. The van der Waals surface area contributed by atoms with Crippen LogP contribution in [0.4, 0.5) is 0 Å². The van der Waals surface area contributed by atoms with E-state index >= 15 is 0 Å². The van der Waals surface area contributed by atoms with Crippen LogP contribution in [0.15, 0.2) is 0 Å². The van der Waals surface area contributed by atoms with Crippen LogP contribution in [0, 0.1) is 23.2 Å². The SMILES string of the molecule is CC(C)NC1(C#N)CCCC(N2CCC(C(C)C)CC2)C1. The van der Waals surface area contributed by atoms with Crippen LogP contribution in [-0.2, 0) is 0 Å². The van der Waals surface area contributed by atoms with Gasteiger partial charge in [0.1, 0.15) is 5.54 Å². The highest BCUT2D eigenvalue weighted by molar-refractivity contribution is 5.11. The van der Waals surface area contributed by atoms with Gasteiger partial charge in [0.2, 0.25) is 0 Å². The predicted molar refractivity (Wildman–Crippen MR) is 88.0 cm³/mol. The maximum Gasteiger partial charge on any atom is 0.108 e. The number of rotatable bonds is 4. The molecule has 0 aromatic heterocycles. The molecular weight excluding hydrogens is 258 g/mol. The molecule has 2 rings (SSSR count). The fraction of sp³-hybridized carbons (Fsp3) is 0.944. The summed E-state index contributed by atoms with van der Waals surface area (Å²) in [6.45, 7) is 11.5. The summed E-state index contributed by atoms with van der Waals surface area (Å²) in [6, 6.07) is 3.60. The second-order valence-electron chi connectivity index (χ2n) is 7.86. The van der Waals surface area contributed by atoms with Crippen LogP contribution in [0.25, 0.3) is 0 Å². The predicted octanol–water partition coefficient (Wildman–Crippen LogP) is 3.56. The van der Waals surface area contributed by atoms with Gasteiger partial charge in [0, 0.05) is 12.1 Å². The van der Waals surface area contributed by atoms with E-state index in [1.165, 1.54) is 38.8 Å². The normalized spacial score (nSPS) is 32.5. The van der Waals surface area contributed by atoms with Crippen molar-refractivity contribution in [1.82, 2.24) is 10.2 Å². The van der Waals surface area contributed by atoms with Gasteiger partial charge in [-0.2, -0.15) is 5.26 Å². The van der Waals surface area contributed by atoms with Crippen molar-refractivity contribution in [1.29, 1.82) is 5.26 Å². The molecule has 2 atom stereocenters. The van der Waals surface area contributed by atoms with Gasteiger partial charge < -0.3 is 4.90 Å². The topological polar surface area (TPSA) is 39.1 Å². The van der Waals surface area contributed by atoms with Gasteiger partial charge in [-0.25, -0.2) is 0 Å². The number of nitriles is 1. The first kappa shape index (κ1) is 16.8. The van der Waals surface area contributed by atoms with Crippen LogP contribution in [0.5, 0.6) is 0 Å². The average molecular weight is 291 g/mol. The Bertz CT molecular complexity index is 363. The molecule has 3 nitrogen and oxygen atoms in total. The van der Waals surface area contributed by atoms with Gasteiger partial charge in [-0.15, -0.1) is 0 Å². The van der Waals surface area contributed by atoms with Crippen molar-refractivity contribution in [3.8, 4) is 6.07 Å². The van der Waals surface area contributed by atoms with Crippen LogP contribution in [0.3, 0.4) is 0 Å². The van der Waals surface area contributed by atoms with Crippen LogP contribution >= 0.6 is 0 Å². The minimum Gasteiger partial charge on any atom is -0.300 e. The summed E-state index contributed by atoms with van der Waals surface area (Å²) in [5.41, 5.74) is -0.286. The number of hydrogen-bond donors (Lipinski definition) is 1. The van der Waals surface area contributed by atoms with Crippen molar-refractivity contribution in [2.24, 2.45) is 11.8 Å². The third kappa shape index (κ3) is 4.20. The van der Waals surface area contributed by atoms with Gasteiger partial charge in [0.05, 0.1) is 6.07 Å². The summed E-state index contributed by atoms with van der Waals surface area (Å²) in [5, 5.41) is 13.2. The van der Waals surface area contributed by atoms with E-state index in [0.717, 1.165) is 24.7 Å². The molecule has 1 aliphatic carbocycles. The molecule has 3 heteroatoms. The molecule has 2 unspecified atom stereocenters. The Morgan fingerprint density at radius 2 is 1.81 bits per heavy atom. The second kappa shape index (κ2) is 7.11. The molecule has 0 spiro atoms. The van der Waals surface area contributed by atoms with Crippen LogP contribution in [0.1, 0.15) is 66.2 Å². The minimum atomic E-state index is -0.286. The number of likely N-dealkylation sites (tertiary alicyclic amines) is 1. The Morgan fingerprint density at radius 1 is 1.14 bits per heavy atom. The molecule has 120 valence electrons. The number of piperidine rings is 1. The standard InChI is InChI=1S/C18H33N3/c1-14(2)16-7-10-21(11-8-16)17-6-5-9-18(12-17,13-19)20-15(3)4/h14-17,20H,5-12H2,1-4H3. The Labute approximate surface area is 131 Å². The summed E-state index contributed by atoms with van der Waals surface area (Å²) >= 11 is 0. The van der Waals surface area contributed by atoms with Gasteiger partial charge >= 0.3 is 0 Å². The molecule has 0 radical (unpaired) electrons. The van der Waals surface area contributed by atoms with Crippen molar-refractivity contribution in [2.75, 3.05) is 13.1 Å². The Kier molecular flexibility index (Phi) is 5.68. The van der Waals surface area contributed by atoms with E-state index in [0.29, 0.717) is 12.1 Å². The lowest BCUT2D eigenvalue weighted by atomic mass is 9.77. The molecule has 1 heterocycles. The third-order valence-corrected chi connectivity index (χ3v) is 5.54. The van der Waals surface area contributed by atoms with E-state index in [2.05, 4.69) is 44.0 Å². The van der Waals surface area contributed by atoms with Crippen molar-refractivity contribution in [3.05, 3.63) is 0 Å². The molecule has 1 saturated heterocycles. The molecule has 2 fully saturated rings. The van der Waals surface area contributed by atoms with Crippen LogP contribution < -0.4 is 5.32 Å². The Hall–Kier alpha value is -0.590. The number of nitrogens with zero attached hydrogens (tertiary/aromatic N) is 2. The Balaban J connectivity index is 1.94. The van der Waals surface area contributed by atoms with Crippen LogP contribution in [0.2, 0.25) is 0 Å². The van der Waals surface area contributed by atoms with Gasteiger partial charge in [-0.05, 0) is 77.3 Å². The highest BCUT2D eigenvalue weighted by Crippen LogP contribution is 2.34. The summed E-state index contributed by atoms with van der Waals surface area (Å²) in [5.74, 6) is 1.72. The lowest BCUT2D eigenvalue weighted by molar-refractivity contribution is 0.0720. The van der Waals surface area contributed by atoms with Gasteiger partial charge in [-0.3, -0.25) is 5.32 Å². The first-order chi connectivity index (χ1) is 9.96. The number of hydrogen-bond acceptors (Lipinski definition) is 3. The quantitative estimate of drug-likeness (QED) is 0.861. The lowest BCUT2D eigenvalue weighted by Gasteiger charge is -2.45. The van der Waals surface area contributed by atoms with Gasteiger partial charge in [0.15, 0.2) is 0 Å². The van der Waals surface area contributed by atoms with E-state index < -0.39 is 0 Å². The highest BCUT2D eigenvalue weighted by atomic mass is 15.2. The minimum absolute atomic E-state index is 0.286. The zero-order valence-electron chi connectivity index (χ0n) is 14.4. The highest BCUT2D eigenvalue weighted by Gasteiger charge is 2.39. The van der Waals surface area contributed by atoms with Crippen molar-refractivity contribution in [3.63, 3.8) is 0 Å². The summed E-state index contributed by atoms with van der Waals surface area (Å²) < 4.78 is 0. The van der Waals surface area contributed by atoms with E-state index in [4.69, 9.17) is 0 Å². The van der Waals surface area contributed by atoms with Crippen molar-refractivity contribution < 1.29 is 0 Å². The average Bonchev–Trinajstić information content (AvgIpc) is 2.47. The van der Waals surface area contributed by atoms with Crippen molar-refractivity contribution in [2.45, 2.75) is 83.8 Å². The first-order valence-corrected chi connectivity index (χ1v) is 8.89. The van der Waals surface area contributed by atoms with Gasteiger partial charge in [0.25, 0.3) is 0 Å².